The van der Waals surface area contributed by atoms with E-state index >= 15 is 0 Å². The Hall–Kier alpha value is -2.40. The SMILES string of the molecule is O=C1C=CC(=O)C(C(=O)c2cc(O)ccc2OCl)=C1. The summed E-state index contributed by atoms with van der Waals surface area (Å²) in [7, 11) is 0. The molecular weight excluding hydrogens is 272 g/mol. The van der Waals surface area contributed by atoms with E-state index in [0.717, 1.165) is 24.3 Å². The van der Waals surface area contributed by atoms with Crippen molar-refractivity contribution in [2.45, 2.75) is 0 Å². The molecule has 0 saturated carbocycles. The van der Waals surface area contributed by atoms with Crippen LogP contribution in [0.25, 0.3) is 0 Å². The van der Waals surface area contributed by atoms with Gasteiger partial charge in [0.05, 0.1) is 11.1 Å². The van der Waals surface area contributed by atoms with Crippen molar-refractivity contribution in [2.75, 3.05) is 0 Å². The van der Waals surface area contributed by atoms with Crippen LogP contribution in [-0.4, -0.2) is 22.5 Å². The summed E-state index contributed by atoms with van der Waals surface area (Å²) in [5.41, 5.74) is -0.397. The average molecular weight is 279 g/mol. The van der Waals surface area contributed by atoms with Crippen molar-refractivity contribution in [3.05, 3.63) is 47.6 Å². The first kappa shape index (κ1) is 13.0. The smallest absolute Gasteiger partial charge is 0.201 e. The summed E-state index contributed by atoms with van der Waals surface area (Å²) >= 11 is 5.21. The number of benzene rings is 1. The number of carbonyl (C=O) groups is 3. The summed E-state index contributed by atoms with van der Waals surface area (Å²) in [4.78, 5) is 34.9. The fourth-order valence-electron chi connectivity index (χ4n) is 1.59. The third-order valence-electron chi connectivity index (χ3n) is 2.49. The summed E-state index contributed by atoms with van der Waals surface area (Å²) in [6, 6.07) is 3.66. The molecule has 0 fully saturated rings. The van der Waals surface area contributed by atoms with Crippen LogP contribution in [0.3, 0.4) is 0 Å². The number of hydrogen-bond acceptors (Lipinski definition) is 5. The van der Waals surface area contributed by atoms with Gasteiger partial charge in [-0.1, -0.05) is 0 Å². The first-order valence-electron chi connectivity index (χ1n) is 5.17. The fraction of sp³-hybridized carbons (Fsp3) is 0. The van der Waals surface area contributed by atoms with E-state index in [2.05, 4.69) is 4.29 Å². The quantitative estimate of drug-likeness (QED) is 0.517. The number of ketones is 3. The molecule has 1 aliphatic carbocycles. The largest absolute Gasteiger partial charge is 0.508 e. The molecule has 0 aromatic heterocycles. The number of halogens is 1. The second-order valence-corrected chi connectivity index (χ2v) is 3.90. The standard InChI is InChI=1S/C13H7ClO5/c14-19-12-4-2-8(16)6-10(12)13(18)9-5-7(15)1-3-11(9)17/h1-6,16H. The lowest BCUT2D eigenvalue weighted by Gasteiger charge is -2.09. The zero-order valence-electron chi connectivity index (χ0n) is 9.42. The van der Waals surface area contributed by atoms with E-state index in [1.165, 1.54) is 12.1 Å². The van der Waals surface area contributed by atoms with Crippen molar-refractivity contribution in [1.82, 2.24) is 0 Å². The summed E-state index contributed by atoms with van der Waals surface area (Å²) in [5.74, 6) is -1.99. The number of phenols is 1. The summed E-state index contributed by atoms with van der Waals surface area (Å²) < 4.78 is 4.47. The van der Waals surface area contributed by atoms with Crippen LogP contribution < -0.4 is 4.29 Å². The van der Waals surface area contributed by atoms with Crippen LogP contribution in [-0.2, 0) is 9.59 Å². The monoisotopic (exact) mass is 278 g/mol. The summed E-state index contributed by atoms with van der Waals surface area (Å²) in [6.07, 6.45) is 3.02. The molecule has 2 rings (SSSR count). The molecule has 0 spiro atoms. The molecule has 0 radical (unpaired) electrons. The lowest BCUT2D eigenvalue weighted by Crippen LogP contribution is -2.16. The third-order valence-corrected chi connectivity index (χ3v) is 2.65. The minimum atomic E-state index is -0.741. The van der Waals surface area contributed by atoms with E-state index in [1.807, 2.05) is 0 Å². The number of rotatable bonds is 3. The number of carbonyl (C=O) groups excluding carboxylic acids is 3. The van der Waals surface area contributed by atoms with Crippen LogP contribution in [0.4, 0.5) is 0 Å². The second-order valence-electron chi connectivity index (χ2n) is 3.74. The molecule has 0 unspecified atom stereocenters. The minimum absolute atomic E-state index is 0.0137. The van der Waals surface area contributed by atoms with Crippen LogP contribution in [0.5, 0.6) is 11.5 Å². The highest BCUT2D eigenvalue weighted by Gasteiger charge is 2.24. The average Bonchev–Trinajstić information content (AvgIpc) is 2.40. The first-order valence-corrected chi connectivity index (χ1v) is 5.48. The molecule has 0 aliphatic heterocycles. The van der Waals surface area contributed by atoms with E-state index in [1.54, 1.807) is 0 Å². The summed E-state index contributed by atoms with van der Waals surface area (Å²) in [6.45, 7) is 0. The Morgan fingerprint density at radius 1 is 1.21 bits per heavy atom. The molecular formula is C13H7ClO5. The molecule has 5 nitrogen and oxygen atoms in total. The van der Waals surface area contributed by atoms with E-state index in [9.17, 15) is 19.5 Å². The van der Waals surface area contributed by atoms with Gasteiger partial charge in [0.15, 0.2) is 17.3 Å². The molecule has 0 heterocycles. The highest BCUT2D eigenvalue weighted by Crippen LogP contribution is 2.27. The molecule has 19 heavy (non-hydrogen) atoms. The Balaban J connectivity index is 2.48. The maximum absolute atomic E-state index is 12.2. The molecule has 0 bridgehead atoms. The molecule has 1 aliphatic rings. The van der Waals surface area contributed by atoms with Crippen molar-refractivity contribution in [1.29, 1.82) is 0 Å². The van der Waals surface area contributed by atoms with Gasteiger partial charge in [-0.2, -0.15) is 0 Å². The van der Waals surface area contributed by atoms with Gasteiger partial charge in [0.1, 0.15) is 17.6 Å². The molecule has 0 atom stereocenters. The van der Waals surface area contributed by atoms with Crippen molar-refractivity contribution in [3.63, 3.8) is 0 Å². The Morgan fingerprint density at radius 3 is 2.63 bits per heavy atom. The zero-order valence-corrected chi connectivity index (χ0v) is 10.2. The Bertz CT molecular complexity index is 642. The number of allylic oxidation sites excluding steroid dienone is 4. The Kier molecular flexibility index (Phi) is 3.48. The van der Waals surface area contributed by atoms with Crippen molar-refractivity contribution < 1.29 is 23.8 Å². The topological polar surface area (TPSA) is 80.7 Å². The van der Waals surface area contributed by atoms with Gasteiger partial charge < -0.3 is 9.40 Å². The predicted molar refractivity (Wildman–Crippen MR) is 66.2 cm³/mol. The van der Waals surface area contributed by atoms with E-state index in [-0.39, 0.29) is 22.6 Å². The van der Waals surface area contributed by atoms with Gasteiger partial charge in [-0.3, -0.25) is 14.4 Å². The normalized spacial score (nSPS) is 14.3. The third kappa shape index (κ3) is 2.56. The second kappa shape index (κ2) is 5.07. The van der Waals surface area contributed by atoms with E-state index in [0.29, 0.717) is 0 Å². The van der Waals surface area contributed by atoms with Crippen LogP contribution in [0.1, 0.15) is 10.4 Å². The molecule has 96 valence electrons. The molecule has 0 amide bonds. The number of Topliss-reactive ketones (excluding diaryl/α,β-unsaturated/α-hetero) is 1. The molecule has 6 heteroatoms. The van der Waals surface area contributed by atoms with Gasteiger partial charge in [0, 0.05) is 6.08 Å². The maximum Gasteiger partial charge on any atom is 0.201 e. The van der Waals surface area contributed by atoms with Gasteiger partial charge in [-0.05, 0) is 30.4 Å². The summed E-state index contributed by atoms with van der Waals surface area (Å²) in [5, 5.41) is 9.36. The molecule has 1 aromatic carbocycles. The number of phenolic OH excluding ortho intramolecular Hbond substituents is 1. The Labute approximate surface area is 112 Å². The van der Waals surface area contributed by atoms with E-state index < -0.39 is 17.3 Å². The van der Waals surface area contributed by atoms with E-state index in [4.69, 9.17) is 11.9 Å². The lowest BCUT2D eigenvalue weighted by molar-refractivity contribution is -0.114. The fourth-order valence-corrected chi connectivity index (χ4v) is 1.73. The predicted octanol–water partition coefficient (Wildman–Crippen LogP) is 1.74. The van der Waals surface area contributed by atoms with Gasteiger partial charge in [0.25, 0.3) is 0 Å². The van der Waals surface area contributed by atoms with Crippen LogP contribution in [0.15, 0.2) is 42.0 Å². The van der Waals surface area contributed by atoms with Crippen molar-refractivity contribution >= 4 is 29.2 Å². The van der Waals surface area contributed by atoms with Crippen LogP contribution in [0.2, 0.25) is 0 Å². The van der Waals surface area contributed by atoms with Crippen LogP contribution >= 0.6 is 11.9 Å². The van der Waals surface area contributed by atoms with Gasteiger partial charge in [-0.25, -0.2) is 0 Å². The molecule has 1 aromatic rings. The highest BCUT2D eigenvalue weighted by atomic mass is 35.5. The van der Waals surface area contributed by atoms with Crippen LogP contribution in [0, 0.1) is 0 Å². The maximum atomic E-state index is 12.2. The highest BCUT2D eigenvalue weighted by molar-refractivity contribution is 6.34. The van der Waals surface area contributed by atoms with Crippen molar-refractivity contribution in [3.8, 4) is 11.5 Å². The molecule has 0 saturated heterocycles. The lowest BCUT2D eigenvalue weighted by atomic mass is 9.95. The number of aromatic hydroxyl groups is 1. The first-order chi connectivity index (χ1) is 9.02. The van der Waals surface area contributed by atoms with Gasteiger partial charge >= 0.3 is 0 Å². The van der Waals surface area contributed by atoms with Gasteiger partial charge in [-0.15, -0.1) is 0 Å². The Morgan fingerprint density at radius 2 is 1.95 bits per heavy atom. The van der Waals surface area contributed by atoms with Crippen molar-refractivity contribution in [2.24, 2.45) is 0 Å². The zero-order chi connectivity index (χ0) is 14.0. The molecule has 1 N–H and O–H groups in total. The number of hydrogen-bond donors (Lipinski definition) is 1. The minimum Gasteiger partial charge on any atom is -0.508 e. The van der Waals surface area contributed by atoms with Gasteiger partial charge in [0.2, 0.25) is 5.78 Å².